The Morgan fingerprint density at radius 3 is 2.50 bits per heavy atom. The van der Waals surface area contributed by atoms with E-state index in [0.717, 1.165) is 19.3 Å². The predicted molar refractivity (Wildman–Crippen MR) is 71.1 cm³/mol. The van der Waals surface area contributed by atoms with Gasteiger partial charge in [0.2, 0.25) is 5.91 Å². The summed E-state index contributed by atoms with van der Waals surface area (Å²) >= 11 is 0. The minimum atomic E-state index is -4.11. The molecule has 1 amide bonds. The lowest BCUT2D eigenvalue weighted by molar-refractivity contribution is -0.148. The molecule has 7 heteroatoms. The van der Waals surface area contributed by atoms with Gasteiger partial charge in [-0.25, -0.2) is 0 Å². The zero-order valence-electron chi connectivity index (χ0n) is 11.7. The topological polar surface area (TPSA) is 58.4 Å². The van der Waals surface area contributed by atoms with E-state index >= 15 is 0 Å². The van der Waals surface area contributed by atoms with Crippen molar-refractivity contribution in [3.05, 3.63) is 0 Å². The summed E-state index contributed by atoms with van der Waals surface area (Å²) in [5.74, 6) is 0.416. The van der Waals surface area contributed by atoms with Crippen LogP contribution in [0.15, 0.2) is 0 Å². The van der Waals surface area contributed by atoms with Gasteiger partial charge >= 0.3 is 6.18 Å². The van der Waals surface area contributed by atoms with Crippen molar-refractivity contribution >= 4 is 5.91 Å². The Balaban J connectivity index is 2.09. The average molecular weight is 295 g/mol. The molecule has 1 saturated heterocycles. The van der Waals surface area contributed by atoms with Crippen molar-refractivity contribution in [1.29, 1.82) is 0 Å². The van der Waals surface area contributed by atoms with Gasteiger partial charge in [0.1, 0.15) is 0 Å². The van der Waals surface area contributed by atoms with Crippen molar-refractivity contribution in [2.24, 2.45) is 11.7 Å². The minimum Gasteiger partial charge on any atom is -0.356 e. The normalized spacial score (nSPS) is 18.2. The largest absolute Gasteiger partial charge is 0.401 e. The highest BCUT2D eigenvalue weighted by Gasteiger charge is 2.32. The third-order valence-corrected chi connectivity index (χ3v) is 3.59. The van der Waals surface area contributed by atoms with Crippen LogP contribution in [0.4, 0.5) is 13.2 Å². The highest BCUT2D eigenvalue weighted by molar-refractivity contribution is 5.75. The molecule has 1 rings (SSSR count). The van der Waals surface area contributed by atoms with Crippen LogP contribution in [-0.2, 0) is 4.79 Å². The van der Waals surface area contributed by atoms with Crippen molar-refractivity contribution in [3.8, 4) is 0 Å². The number of carbonyl (C=O) groups is 1. The molecule has 1 aliphatic heterocycles. The third-order valence-electron chi connectivity index (χ3n) is 3.59. The van der Waals surface area contributed by atoms with E-state index < -0.39 is 12.7 Å². The number of piperidine rings is 1. The van der Waals surface area contributed by atoms with Gasteiger partial charge < -0.3 is 11.1 Å². The van der Waals surface area contributed by atoms with E-state index in [4.69, 9.17) is 5.73 Å². The zero-order valence-corrected chi connectivity index (χ0v) is 11.7. The highest BCUT2D eigenvalue weighted by atomic mass is 19.4. The van der Waals surface area contributed by atoms with Crippen molar-refractivity contribution in [2.75, 3.05) is 32.7 Å². The van der Waals surface area contributed by atoms with Crippen LogP contribution < -0.4 is 11.1 Å². The number of rotatable bonds is 7. The zero-order chi connectivity index (χ0) is 15.0. The average Bonchev–Trinajstić information content (AvgIpc) is 2.37. The second-order valence-corrected chi connectivity index (χ2v) is 5.37. The highest BCUT2D eigenvalue weighted by Crippen LogP contribution is 2.23. The number of likely N-dealkylation sites (tertiary alicyclic amines) is 1. The van der Waals surface area contributed by atoms with Gasteiger partial charge in [0.15, 0.2) is 0 Å². The molecular weight excluding hydrogens is 271 g/mol. The first-order chi connectivity index (χ1) is 9.40. The molecule has 3 N–H and O–H groups in total. The van der Waals surface area contributed by atoms with Gasteiger partial charge in [0, 0.05) is 13.0 Å². The van der Waals surface area contributed by atoms with Gasteiger partial charge in [-0.3, -0.25) is 9.69 Å². The number of nitrogens with two attached hydrogens (primary N) is 1. The monoisotopic (exact) mass is 295 g/mol. The SMILES string of the molecule is NCCCC(=O)NCCC1CCN(CC(F)(F)F)CC1. The van der Waals surface area contributed by atoms with Crippen LogP contribution in [0.25, 0.3) is 0 Å². The maximum Gasteiger partial charge on any atom is 0.401 e. The van der Waals surface area contributed by atoms with E-state index in [1.165, 1.54) is 4.90 Å². The fourth-order valence-electron chi connectivity index (χ4n) is 2.45. The second kappa shape index (κ2) is 8.46. The van der Waals surface area contributed by atoms with Gasteiger partial charge in [-0.2, -0.15) is 13.2 Å². The van der Waals surface area contributed by atoms with Crippen LogP contribution in [0.1, 0.15) is 32.1 Å². The molecule has 0 aliphatic carbocycles. The molecule has 20 heavy (non-hydrogen) atoms. The quantitative estimate of drug-likeness (QED) is 0.748. The lowest BCUT2D eigenvalue weighted by atomic mass is 9.93. The number of alkyl halides is 3. The van der Waals surface area contributed by atoms with Crippen LogP contribution >= 0.6 is 0 Å². The molecule has 1 fully saturated rings. The summed E-state index contributed by atoms with van der Waals surface area (Å²) < 4.78 is 36.7. The molecule has 0 unspecified atom stereocenters. The summed E-state index contributed by atoms with van der Waals surface area (Å²) in [5.41, 5.74) is 5.31. The molecule has 1 heterocycles. The molecule has 0 aromatic carbocycles. The van der Waals surface area contributed by atoms with Crippen LogP contribution in [0.2, 0.25) is 0 Å². The van der Waals surface area contributed by atoms with Crippen LogP contribution in [0.5, 0.6) is 0 Å². The first-order valence-corrected chi connectivity index (χ1v) is 7.16. The molecule has 118 valence electrons. The van der Waals surface area contributed by atoms with Crippen molar-refractivity contribution < 1.29 is 18.0 Å². The number of nitrogens with one attached hydrogen (secondary N) is 1. The van der Waals surface area contributed by atoms with E-state index in [9.17, 15) is 18.0 Å². The van der Waals surface area contributed by atoms with Crippen LogP contribution in [0, 0.1) is 5.92 Å². The van der Waals surface area contributed by atoms with Crippen molar-refractivity contribution in [2.45, 2.75) is 38.3 Å². The van der Waals surface area contributed by atoms with E-state index in [1.807, 2.05) is 0 Å². The van der Waals surface area contributed by atoms with E-state index in [2.05, 4.69) is 5.32 Å². The summed E-state index contributed by atoms with van der Waals surface area (Å²) in [4.78, 5) is 12.8. The van der Waals surface area contributed by atoms with Gasteiger partial charge in [0.25, 0.3) is 0 Å². The van der Waals surface area contributed by atoms with E-state index in [1.54, 1.807) is 0 Å². The number of carbonyl (C=O) groups excluding carboxylic acids is 1. The molecule has 0 radical (unpaired) electrons. The number of nitrogens with zero attached hydrogens (tertiary/aromatic N) is 1. The number of hydrogen-bond donors (Lipinski definition) is 2. The van der Waals surface area contributed by atoms with E-state index in [-0.39, 0.29) is 5.91 Å². The van der Waals surface area contributed by atoms with Gasteiger partial charge in [0.05, 0.1) is 6.54 Å². The standard InChI is InChI=1S/C13H24F3N3O/c14-13(15,16)10-19-8-4-11(5-9-19)3-7-18-12(20)2-1-6-17/h11H,1-10,17H2,(H,18,20). The minimum absolute atomic E-state index is 0.00459. The molecule has 0 aromatic heterocycles. The maximum atomic E-state index is 12.2. The molecule has 0 atom stereocenters. The lowest BCUT2D eigenvalue weighted by Gasteiger charge is -2.32. The summed E-state index contributed by atoms with van der Waals surface area (Å²) in [6, 6.07) is 0. The first kappa shape index (κ1) is 17.2. The summed E-state index contributed by atoms with van der Waals surface area (Å²) in [5, 5.41) is 2.83. The molecular formula is C13H24F3N3O. The molecule has 4 nitrogen and oxygen atoms in total. The van der Waals surface area contributed by atoms with Gasteiger partial charge in [-0.1, -0.05) is 0 Å². The Morgan fingerprint density at radius 1 is 1.30 bits per heavy atom. The Labute approximate surface area is 117 Å². The second-order valence-electron chi connectivity index (χ2n) is 5.37. The van der Waals surface area contributed by atoms with Crippen LogP contribution in [0.3, 0.4) is 0 Å². The van der Waals surface area contributed by atoms with Gasteiger partial charge in [-0.15, -0.1) is 0 Å². The number of hydrogen-bond acceptors (Lipinski definition) is 3. The van der Waals surface area contributed by atoms with Crippen molar-refractivity contribution in [3.63, 3.8) is 0 Å². The number of amides is 1. The lowest BCUT2D eigenvalue weighted by Crippen LogP contribution is -2.40. The Hall–Kier alpha value is -0.820. The first-order valence-electron chi connectivity index (χ1n) is 7.16. The molecule has 0 bridgehead atoms. The summed E-state index contributed by atoms with van der Waals surface area (Å²) in [7, 11) is 0. The van der Waals surface area contributed by atoms with Crippen LogP contribution in [-0.4, -0.2) is 49.7 Å². The van der Waals surface area contributed by atoms with Gasteiger partial charge in [-0.05, 0) is 51.2 Å². The Bertz CT molecular complexity index is 289. The number of halogens is 3. The molecule has 0 aromatic rings. The molecule has 1 aliphatic rings. The smallest absolute Gasteiger partial charge is 0.356 e. The molecule has 0 saturated carbocycles. The third kappa shape index (κ3) is 7.69. The summed E-state index contributed by atoms with van der Waals surface area (Å²) in [6.07, 6.45) is -0.594. The fourth-order valence-corrected chi connectivity index (χ4v) is 2.45. The Morgan fingerprint density at radius 2 is 1.95 bits per heavy atom. The molecule has 0 spiro atoms. The Kier molecular flexibility index (Phi) is 7.29. The fraction of sp³-hybridized carbons (Fsp3) is 0.923. The van der Waals surface area contributed by atoms with Crippen molar-refractivity contribution in [1.82, 2.24) is 10.2 Å². The maximum absolute atomic E-state index is 12.2. The predicted octanol–water partition coefficient (Wildman–Crippen LogP) is 1.51. The van der Waals surface area contributed by atoms with E-state index in [0.29, 0.717) is 44.9 Å². The summed E-state index contributed by atoms with van der Waals surface area (Å²) in [6.45, 7) is 1.28.